The summed E-state index contributed by atoms with van der Waals surface area (Å²) in [6, 6.07) is 5.84. The molecule has 2 rings (SSSR count). The highest BCUT2D eigenvalue weighted by atomic mass is 79.9. The summed E-state index contributed by atoms with van der Waals surface area (Å²) in [5.74, 6) is 0.932. The molecule has 3 heteroatoms. The summed E-state index contributed by atoms with van der Waals surface area (Å²) < 4.78 is 6.66. The van der Waals surface area contributed by atoms with E-state index in [1.54, 1.807) is 0 Å². The van der Waals surface area contributed by atoms with Crippen LogP contribution in [0, 0.1) is 5.92 Å². The molecule has 0 atom stereocenters. The van der Waals surface area contributed by atoms with Crippen molar-refractivity contribution in [2.24, 2.45) is 5.92 Å². The van der Waals surface area contributed by atoms with Gasteiger partial charge in [-0.3, -0.25) is 0 Å². The summed E-state index contributed by atoms with van der Waals surface area (Å²) in [6.45, 7) is 1.46. The van der Waals surface area contributed by atoms with Crippen LogP contribution in [0.25, 0.3) is 0 Å². The van der Waals surface area contributed by atoms with Crippen molar-refractivity contribution in [3.8, 4) is 0 Å². The number of benzene rings is 1. The Kier molecular flexibility index (Phi) is 3.65. The molecule has 2 nitrogen and oxygen atoms in total. The van der Waals surface area contributed by atoms with Crippen LogP contribution < -0.4 is 5.73 Å². The summed E-state index contributed by atoms with van der Waals surface area (Å²) in [6.07, 6.45) is 3.98. The molecular formula is C12H16BrNO. The van der Waals surface area contributed by atoms with Gasteiger partial charge in [0.25, 0.3) is 0 Å². The minimum absolute atomic E-state index is 0.611. The second-order valence-electron chi connectivity index (χ2n) is 4.09. The summed E-state index contributed by atoms with van der Waals surface area (Å²) in [5, 5.41) is 0. The Balaban J connectivity index is 1.80. The molecule has 0 amide bonds. The maximum Gasteiger partial charge on any atom is 0.0748 e. The molecule has 0 bridgehead atoms. The van der Waals surface area contributed by atoms with E-state index in [9.17, 15) is 0 Å². The van der Waals surface area contributed by atoms with E-state index in [1.165, 1.54) is 19.3 Å². The Labute approximate surface area is 98.9 Å². The molecule has 15 heavy (non-hydrogen) atoms. The summed E-state index contributed by atoms with van der Waals surface area (Å²) in [5.41, 5.74) is 7.73. The molecule has 1 fully saturated rings. The van der Waals surface area contributed by atoms with E-state index in [4.69, 9.17) is 10.5 Å². The fourth-order valence-corrected chi connectivity index (χ4v) is 2.05. The van der Waals surface area contributed by atoms with E-state index in [0.29, 0.717) is 6.61 Å². The SMILES string of the molecule is Nc1cccc(Br)c1COCCC1CC1. The first-order valence-electron chi connectivity index (χ1n) is 5.38. The van der Waals surface area contributed by atoms with Crippen LogP contribution in [-0.4, -0.2) is 6.61 Å². The summed E-state index contributed by atoms with van der Waals surface area (Å²) in [7, 11) is 0. The van der Waals surface area contributed by atoms with Crippen LogP contribution >= 0.6 is 15.9 Å². The van der Waals surface area contributed by atoms with Crippen molar-refractivity contribution >= 4 is 21.6 Å². The summed E-state index contributed by atoms with van der Waals surface area (Å²) >= 11 is 3.48. The zero-order chi connectivity index (χ0) is 10.7. The number of hydrogen-bond donors (Lipinski definition) is 1. The van der Waals surface area contributed by atoms with E-state index in [0.717, 1.165) is 28.2 Å². The van der Waals surface area contributed by atoms with Gasteiger partial charge in [0.05, 0.1) is 6.61 Å². The van der Waals surface area contributed by atoms with Gasteiger partial charge in [-0.1, -0.05) is 34.8 Å². The van der Waals surface area contributed by atoms with E-state index in [-0.39, 0.29) is 0 Å². The van der Waals surface area contributed by atoms with Crippen molar-refractivity contribution in [2.45, 2.75) is 25.9 Å². The Hall–Kier alpha value is -0.540. The second-order valence-corrected chi connectivity index (χ2v) is 4.95. The molecule has 0 radical (unpaired) electrons. The number of anilines is 1. The van der Waals surface area contributed by atoms with E-state index in [2.05, 4.69) is 15.9 Å². The predicted octanol–water partition coefficient (Wildman–Crippen LogP) is 3.35. The Morgan fingerprint density at radius 1 is 1.40 bits per heavy atom. The van der Waals surface area contributed by atoms with Crippen LogP contribution in [-0.2, 0) is 11.3 Å². The molecular weight excluding hydrogens is 254 g/mol. The van der Waals surface area contributed by atoms with Crippen molar-refractivity contribution in [3.05, 3.63) is 28.2 Å². The van der Waals surface area contributed by atoms with Crippen LogP contribution in [0.5, 0.6) is 0 Å². The van der Waals surface area contributed by atoms with Crippen LogP contribution in [0.3, 0.4) is 0 Å². The molecule has 0 aromatic heterocycles. The van der Waals surface area contributed by atoms with E-state index >= 15 is 0 Å². The van der Waals surface area contributed by atoms with Crippen LogP contribution in [0.4, 0.5) is 5.69 Å². The molecule has 1 aliphatic rings. The third-order valence-corrected chi connectivity index (χ3v) is 3.51. The molecule has 0 spiro atoms. The first-order valence-corrected chi connectivity index (χ1v) is 6.17. The zero-order valence-electron chi connectivity index (χ0n) is 8.71. The predicted molar refractivity (Wildman–Crippen MR) is 65.6 cm³/mol. The van der Waals surface area contributed by atoms with Crippen LogP contribution in [0.15, 0.2) is 22.7 Å². The molecule has 0 saturated heterocycles. The molecule has 0 heterocycles. The van der Waals surface area contributed by atoms with Crippen molar-refractivity contribution in [1.29, 1.82) is 0 Å². The van der Waals surface area contributed by atoms with Crippen LogP contribution in [0.1, 0.15) is 24.8 Å². The average molecular weight is 270 g/mol. The molecule has 2 N–H and O–H groups in total. The lowest BCUT2D eigenvalue weighted by Gasteiger charge is -2.08. The van der Waals surface area contributed by atoms with Gasteiger partial charge in [-0.05, 0) is 24.5 Å². The second kappa shape index (κ2) is 4.99. The third kappa shape index (κ3) is 3.21. The monoisotopic (exact) mass is 269 g/mol. The Morgan fingerprint density at radius 3 is 2.87 bits per heavy atom. The lowest BCUT2D eigenvalue weighted by atomic mass is 10.2. The maximum atomic E-state index is 5.87. The lowest BCUT2D eigenvalue weighted by Crippen LogP contribution is -2.00. The quantitative estimate of drug-likeness (QED) is 0.657. The van der Waals surface area contributed by atoms with Gasteiger partial charge in [-0.25, -0.2) is 0 Å². The molecule has 1 aromatic rings. The lowest BCUT2D eigenvalue weighted by molar-refractivity contribution is 0.115. The van der Waals surface area contributed by atoms with Gasteiger partial charge < -0.3 is 10.5 Å². The largest absolute Gasteiger partial charge is 0.398 e. The number of ether oxygens (including phenoxy) is 1. The molecule has 1 aromatic carbocycles. The highest BCUT2D eigenvalue weighted by Crippen LogP contribution is 2.32. The van der Waals surface area contributed by atoms with Gasteiger partial charge >= 0.3 is 0 Å². The minimum Gasteiger partial charge on any atom is -0.398 e. The maximum absolute atomic E-state index is 5.87. The molecule has 0 unspecified atom stereocenters. The van der Waals surface area contributed by atoms with Crippen molar-refractivity contribution in [1.82, 2.24) is 0 Å². The molecule has 1 aliphatic carbocycles. The van der Waals surface area contributed by atoms with Crippen molar-refractivity contribution in [3.63, 3.8) is 0 Å². The fourth-order valence-electron chi connectivity index (χ4n) is 1.56. The van der Waals surface area contributed by atoms with Gasteiger partial charge in [0.2, 0.25) is 0 Å². The number of nitrogen functional groups attached to an aromatic ring is 1. The third-order valence-electron chi connectivity index (χ3n) is 2.77. The van der Waals surface area contributed by atoms with E-state index in [1.807, 2.05) is 18.2 Å². The van der Waals surface area contributed by atoms with Gasteiger partial charge in [0, 0.05) is 22.3 Å². The summed E-state index contributed by atoms with van der Waals surface area (Å²) in [4.78, 5) is 0. The first kappa shape index (κ1) is 11.0. The first-order chi connectivity index (χ1) is 7.27. The molecule has 0 aliphatic heterocycles. The van der Waals surface area contributed by atoms with Crippen molar-refractivity contribution < 1.29 is 4.74 Å². The highest BCUT2D eigenvalue weighted by Gasteiger charge is 2.20. The number of hydrogen-bond acceptors (Lipinski definition) is 2. The Morgan fingerprint density at radius 2 is 2.20 bits per heavy atom. The number of halogens is 1. The zero-order valence-corrected chi connectivity index (χ0v) is 10.3. The number of nitrogens with two attached hydrogens (primary N) is 1. The normalized spacial score (nSPS) is 15.5. The van der Waals surface area contributed by atoms with Gasteiger partial charge in [0.1, 0.15) is 0 Å². The Bertz CT molecular complexity index is 316. The van der Waals surface area contributed by atoms with Gasteiger partial charge in [0.15, 0.2) is 0 Å². The molecule has 82 valence electrons. The number of rotatable bonds is 5. The fraction of sp³-hybridized carbons (Fsp3) is 0.500. The van der Waals surface area contributed by atoms with Gasteiger partial charge in [-0.2, -0.15) is 0 Å². The minimum atomic E-state index is 0.611. The topological polar surface area (TPSA) is 35.2 Å². The van der Waals surface area contributed by atoms with Crippen molar-refractivity contribution in [2.75, 3.05) is 12.3 Å². The molecule has 1 saturated carbocycles. The van der Waals surface area contributed by atoms with Gasteiger partial charge in [-0.15, -0.1) is 0 Å². The highest BCUT2D eigenvalue weighted by molar-refractivity contribution is 9.10. The van der Waals surface area contributed by atoms with Crippen LogP contribution in [0.2, 0.25) is 0 Å². The average Bonchev–Trinajstić information content (AvgIpc) is 3.00. The van der Waals surface area contributed by atoms with E-state index < -0.39 is 0 Å². The standard InChI is InChI=1S/C12H16BrNO/c13-11-2-1-3-12(14)10(11)8-15-7-6-9-4-5-9/h1-3,9H,4-8,14H2. The smallest absolute Gasteiger partial charge is 0.0748 e.